The number of hydrogen-bond acceptors (Lipinski definition) is 12. The van der Waals surface area contributed by atoms with E-state index in [2.05, 4.69) is 30.8 Å². The first-order valence-electron chi connectivity index (χ1n) is 12.5. The molecule has 2 aromatic heterocycles. The number of nitro groups is 1. The molecular weight excluding hydrogens is 516 g/mol. The summed E-state index contributed by atoms with van der Waals surface area (Å²) in [5.41, 5.74) is 6.45. The molecule has 1 saturated heterocycles. The minimum absolute atomic E-state index is 0.0710. The van der Waals surface area contributed by atoms with Crippen LogP contribution >= 0.6 is 0 Å². The zero-order chi connectivity index (χ0) is 28.1. The number of nitrogens with one attached hydrogen (secondary N) is 2. The fourth-order valence-electron chi connectivity index (χ4n) is 4.08. The van der Waals surface area contributed by atoms with E-state index in [4.69, 9.17) is 13.9 Å². The second kappa shape index (κ2) is 11.8. The van der Waals surface area contributed by atoms with Gasteiger partial charge in [-0.2, -0.15) is 20.1 Å². The molecule has 5 rings (SSSR count). The third-order valence-electron chi connectivity index (χ3n) is 6.20. The highest BCUT2D eigenvalue weighted by molar-refractivity contribution is 5.79. The lowest BCUT2D eigenvalue weighted by molar-refractivity contribution is -0.384. The predicted octanol–water partition coefficient (Wildman–Crippen LogP) is 4.69. The van der Waals surface area contributed by atoms with Gasteiger partial charge in [-0.25, -0.2) is 5.43 Å². The van der Waals surface area contributed by atoms with Crippen LogP contribution in [0.5, 0.6) is 5.75 Å². The Bertz CT molecular complexity index is 1550. The molecule has 0 bridgehead atoms. The number of hydrazone groups is 1. The molecule has 0 unspecified atom stereocenters. The smallest absolute Gasteiger partial charge is 0.273 e. The first-order chi connectivity index (χ1) is 19.4. The first-order valence-corrected chi connectivity index (χ1v) is 12.5. The van der Waals surface area contributed by atoms with Crippen LogP contribution in [0, 0.1) is 24.0 Å². The summed E-state index contributed by atoms with van der Waals surface area (Å²) in [4.78, 5) is 26.3. The molecule has 1 aliphatic heterocycles. The van der Waals surface area contributed by atoms with Gasteiger partial charge < -0.3 is 24.1 Å². The number of non-ortho nitro benzene ring substituents is 1. The SMILES string of the molecule is COc1cc([N+](=O)[O-])ccc1-c1ccc(/C=N\Nc2nc(Nc3cc(C)ccc3C)nc(N3CCOCC3)n2)o1. The van der Waals surface area contributed by atoms with Crippen LogP contribution in [0.3, 0.4) is 0 Å². The topological polar surface area (TPSA) is 153 Å². The Morgan fingerprint density at radius 3 is 2.62 bits per heavy atom. The molecule has 0 saturated carbocycles. The van der Waals surface area contributed by atoms with Crippen LogP contribution in [0.2, 0.25) is 0 Å². The van der Waals surface area contributed by atoms with Gasteiger partial charge in [-0.1, -0.05) is 12.1 Å². The lowest BCUT2D eigenvalue weighted by Gasteiger charge is -2.27. The normalized spacial score (nSPS) is 13.4. The number of furan rings is 1. The van der Waals surface area contributed by atoms with E-state index in [1.54, 1.807) is 18.2 Å². The van der Waals surface area contributed by atoms with E-state index in [0.29, 0.717) is 61.0 Å². The minimum atomic E-state index is -0.479. The Labute approximate surface area is 230 Å². The standard InChI is InChI=1S/C27H28N8O5/c1-17-4-5-18(2)22(14-17)29-25-30-26(32-27(31-25)34-10-12-39-13-11-34)33-28-16-20-7-9-23(40-20)21-8-6-19(35(36)37)15-24(21)38-3/h4-9,14-16H,10-13H2,1-3H3,(H2,29,30,31,32,33)/b28-16-. The van der Waals surface area contributed by atoms with Crippen molar-refractivity contribution in [2.75, 3.05) is 49.1 Å². The summed E-state index contributed by atoms with van der Waals surface area (Å²) in [5.74, 6) is 2.39. The fourth-order valence-corrected chi connectivity index (χ4v) is 4.08. The highest BCUT2D eigenvalue weighted by atomic mass is 16.6. The third kappa shape index (κ3) is 6.15. The predicted molar refractivity (Wildman–Crippen MR) is 151 cm³/mol. The number of anilines is 4. The van der Waals surface area contributed by atoms with Crippen LogP contribution in [0.4, 0.5) is 29.2 Å². The van der Waals surface area contributed by atoms with Gasteiger partial charge in [-0.3, -0.25) is 10.1 Å². The highest BCUT2D eigenvalue weighted by Gasteiger charge is 2.18. The molecule has 0 radical (unpaired) electrons. The van der Waals surface area contributed by atoms with Crippen LogP contribution in [0.1, 0.15) is 16.9 Å². The van der Waals surface area contributed by atoms with Crippen LogP contribution in [-0.2, 0) is 4.74 Å². The van der Waals surface area contributed by atoms with Gasteiger partial charge in [0.05, 0.1) is 43.1 Å². The van der Waals surface area contributed by atoms with Crippen molar-refractivity contribution in [2.45, 2.75) is 13.8 Å². The quantitative estimate of drug-likeness (QED) is 0.171. The summed E-state index contributed by atoms with van der Waals surface area (Å²) in [6.45, 7) is 6.54. The maximum Gasteiger partial charge on any atom is 0.273 e. The van der Waals surface area contributed by atoms with Gasteiger partial charge in [-0.05, 0) is 49.2 Å². The number of morpholine rings is 1. The maximum absolute atomic E-state index is 11.1. The summed E-state index contributed by atoms with van der Waals surface area (Å²) in [7, 11) is 1.45. The molecule has 0 atom stereocenters. The van der Waals surface area contributed by atoms with Gasteiger partial charge >= 0.3 is 0 Å². The van der Waals surface area contributed by atoms with Crippen LogP contribution in [0.15, 0.2) is 58.0 Å². The Morgan fingerprint density at radius 2 is 1.85 bits per heavy atom. The Kier molecular flexibility index (Phi) is 7.82. The van der Waals surface area contributed by atoms with E-state index >= 15 is 0 Å². The molecule has 2 aromatic carbocycles. The Hall–Kier alpha value is -5.04. The summed E-state index contributed by atoms with van der Waals surface area (Å²) >= 11 is 0. The van der Waals surface area contributed by atoms with Crippen molar-refractivity contribution < 1.29 is 18.8 Å². The molecule has 0 aliphatic carbocycles. The number of methoxy groups -OCH3 is 1. The van der Waals surface area contributed by atoms with Gasteiger partial charge in [0.1, 0.15) is 17.3 Å². The Balaban J connectivity index is 1.36. The number of nitro benzene ring substituents is 1. The molecule has 4 aromatic rings. The molecule has 0 spiro atoms. The number of rotatable bonds is 9. The largest absolute Gasteiger partial charge is 0.496 e. The third-order valence-corrected chi connectivity index (χ3v) is 6.20. The number of benzene rings is 2. The molecule has 1 aliphatic rings. The van der Waals surface area contributed by atoms with E-state index in [1.165, 1.54) is 25.5 Å². The highest BCUT2D eigenvalue weighted by Crippen LogP contribution is 2.34. The van der Waals surface area contributed by atoms with E-state index in [1.807, 2.05) is 36.9 Å². The maximum atomic E-state index is 11.1. The van der Waals surface area contributed by atoms with E-state index in [-0.39, 0.29) is 11.6 Å². The van der Waals surface area contributed by atoms with E-state index < -0.39 is 4.92 Å². The average molecular weight is 545 g/mol. The molecule has 1 fully saturated rings. The number of ether oxygens (including phenoxy) is 2. The summed E-state index contributed by atoms with van der Waals surface area (Å²) in [6, 6.07) is 13.9. The van der Waals surface area contributed by atoms with E-state index in [9.17, 15) is 10.1 Å². The summed E-state index contributed by atoms with van der Waals surface area (Å²) in [6.07, 6.45) is 1.48. The molecule has 0 amide bonds. The number of aromatic nitrogens is 3. The first kappa shape index (κ1) is 26.6. The van der Waals surface area contributed by atoms with Crippen molar-refractivity contribution in [3.05, 3.63) is 75.5 Å². The van der Waals surface area contributed by atoms with Gasteiger partial charge in [-0.15, -0.1) is 0 Å². The zero-order valence-electron chi connectivity index (χ0n) is 22.2. The van der Waals surface area contributed by atoms with Crippen molar-refractivity contribution in [3.63, 3.8) is 0 Å². The number of aryl methyl sites for hydroxylation is 2. The monoisotopic (exact) mass is 544 g/mol. The molecule has 13 heteroatoms. The molecule has 40 heavy (non-hydrogen) atoms. The molecule has 206 valence electrons. The van der Waals surface area contributed by atoms with Gasteiger partial charge in [0.25, 0.3) is 5.69 Å². The number of hydrogen-bond donors (Lipinski definition) is 2. The van der Waals surface area contributed by atoms with Crippen molar-refractivity contribution in [2.24, 2.45) is 5.10 Å². The fraction of sp³-hybridized carbons (Fsp3) is 0.259. The van der Waals surface area contributed by atoms with Crippen LogP contribution in [0.25, 0.3) is 11.3 Å². The molecule has 3 heterocycles. The lowest BCUT2D eigenvalue weighted by atomic mass is 10.1. The van der Waals surface area contributed by atoms with Crippen molar-refractivity contribution in [1.29, 1.82) is 0 Å². The van der Waals surface area contributed by atoms with Gasteiger partial charge in [0.15, 0.2) is 0 Å². The van der Waals surface area contributed by atoms with Gasteiger partial charge in [0.2, 0.25) is 17.8 Å². The van der Waals surface area contributed by atoms with E-state index in [0.717, 1.165) is 16.8 Å². The van der Waals surface area contributed by atoms with Crippen LogP contribution in [-0.4, -0.2) is 59.5 Å². The van der Waals surface area contributed by atoms with Crippen molar-refractivity contribution in [3.8, 4) is 17.1 Å². The van der Waals surface area contributed by atoms with Gasteiger partial charge in [0, 0.05) is 24.8 Å². The van der Waals surface area contributed by atoms with Crippen molar-refractivity contribution in [1.82, 2.24) is 15.0 Å². The zero-order valence-corrected chi connectivity index (χ0v) is 22.2. The van der Waals surface area contributed by atoms with Crippen molar-refractivity contribution >= 4 is 35.4 Å². The molecule has 13 nitrogen and oxygen atoms in total. The second-order valence-electron chi connectivity index (χ2n) is 9.04. The molecule has 2 N–H and O–H groups in total. The summed E-state index contributed by atoms with van der Waals surface area (Å²) in [5, 5.41) is 18.6. The van der Waals surface area contributed by atoms with Crippen LogP contribution < -0.4 is 20.4 Å². The Morgan fingerprint density at radius 1 is 1.05 bits per heavy atom. The average Bonchev–Trinajstić information content (AvgIpc) is 3.43. The second-order valence-corrected chi connectivity index (χ2v) is 9.04. The minimum Gasteiger partial charge on any atom is -0.496 e. The summed E-state index contributed by atoms with van der Waals surface area (Å²) < 4.78 is 16.7. The molecular formula is C27H28N8O5. The number of nitrogens with zero attached hydrogens (tertiary/aromatic N) is 6. The lowest BCUT2D eigenvalue weighted by Crippen LogP contribution is -2.37.